The first-order valence-corrected chi connectivity index (χ1v) is 7.06. The van der Waals surface area contributed by atoms with Crippen molar-refractivity contribution in [3.8, 4) is 0 Å². The Morgan fingerprint density at radius 1 is 1.16 bits per heavy atom. The lowest BCUT2D eigenvalue weighted by molar-refractivity contribution is 0.391. The monoisotopic (exact) mass is 282 g/mol. The molecular weight excluding hydrogens is 266 g/mol. The maximum absolute atomic E-state index is 13.5. The maximum Gasteiger partial charge on any atom is 0.171 e. The fourth-order valence-electron chi connectivity index (χ4n) is 3.36. The van der Waals surface area contributed by atoms with Gasteiger partial charge in [-0.2, -0.15) is 0 Å². The van der Waals surface area contributed by atoms with Crippen molar-refractivity contribution in [2.45, 2.75) is 31.7 Å². The number of hydrogen-bond donors (Lipinski definition) is 2. The predicted octanol–water partition coefficient (Wildman–Crippen LogP) is 3.44. The summed E-state index contributed by atoms with van der Waals surface area (Å²) in [6.45, 7) is 0. The summed E-state index contributed by atoms with van der Waals surface area (Å²) >= 11 is 5.15. The van der Waals surface area contributed by atoms with Gasteiger partial charge in [0.1, 0.15) is 17.3 Å². The van der Waals surface area contributed by atoms with Crippen LogP contribution in [0.2, 0.25) is 0 Å². The number of rotatable bonds is 2. The Morgan fingerprint density at radius 2 is 1.89 bits per heavy atom. The van der Waals surface area contributed by atoms with Gasteiger partial charge in [-0.15, -0.1) is 0 Å². The topological polar surface area (TPSA) is 24.1 Å². The molecule has 19 heavy (non-hydrogen) atoms. The van der Waals surface area contributed by atoms with Gasteiger partial charge in [0.15, 0.2) is 5.11 Å². The van der Waals surface area contributed by atoms with Gasteiger partial charge in [0.05, 0.1) is 0 Å². The lowest BCUT2D eigenvalue weighted by atomic mass is 9.96. The maximum atomic E-state index is 13.5. The number of benzene rings is 1. The second-order valence-corrected chi connectivity index (χ2v) is 5.88. The Bertz CT molecular complexity index is 486. The average molecular weight is 282 g/mol. The fraction of sp³-hybridized carbons (Fsp3) is 0.500. The Morgan fingerprint density at radius 3 is 2.47 bits per heavy atom. The molecule has 0 saturated heterocycles. The van der Waals surface area contributed by atoms with Crippen LogP contribution in [-0.4, -0.2) is 11.2 Å². The molecule has 2 nitrogen and oxygen atoms in total. The van der Waals surface area contributed by atoms with Crippen molar-refractivity contribution in [3.05, 3.63) is 29.8 Å². The van der Waals surface area contributed by atoms with Crippen LogP contribution < -0.4 is 10.6 Å². The molecule has 2 saturated carbocycles. The molecule has 1 aromatic carbocycles. The summed E-state index contributed by atoms with van der Waals surface area (Å²) in [5.41, 5.74) is -0.178. The number of hydrogen-bond acceptors (Lipinski definition) is 1. The standard InChI is InChI=1S/C14H16F2N2S/c15-10-2-1-3-11(16)13(10)18-14(19)17-12-7-8-4-5-9(12)6-8/h1-3,8-9,12H,4-7H2,(H2,17,18,19)/t8-,9-,12+/m0/s1. The molecule has 0 aromatic heterocycles. The van der Waals surface area contributed by atoms with Gasteiger partial charge in [0.2, 0.25) is 0 Å². The van der Waals surface area contributed by atoms with Gasteiger partial charge < -0.3 is 10.6 Å². The van der Waals surface area contributed by atoms with Crippen LogP contribution in [0.4, 0.5) is 14.5 Å². The first-order valence-electron chi connectivity index (χ1n) is 6.65. The Balaban J connectivity index is 1.62. The fourth-order valence-corrected chi connectivity index (χ4v) is 3.61. The third-order valence-corrected chi connectivity index (χ3v) is 4.48. The van der Waals surface area contributed by atoms with E-state index in [4.69, 9.17) is 12.2 Å². The second-order valence-electron chi connectivity index (χ2n) is 5.48. The van der Waals surface area contributed by atoms with Crippen LogP contribution in [0.15, 0.2) is 18.2 Å². The van der Waals surface area contributed by atoms with Gasteiger partial charge in [0.25, 0.3) is 0 Å². The molecular formula is C14H16F2N2S. The number of fused-ring (bicyclic) bond motifs is 2. The molecule has 2 N–H and O–H groups in total. The molecule has 3 rings (SSSR count). The van der Waals surface area contributed by atoms with Crippen molar-refractivity contribution >= 4 is 23.0 Å². The normalized spacial score (nSPS) is 28.4. The van der Waals surface area contributed by atoms with Crippen molar-refractivity contribution in [2.24, 2.45) is 11.8 Å². The van der Waals surface area contributed by atoms with Gasteiger partial charge in [0, 0.05) is 6.04 Å². The molecule has 2 aliphatic rings. The summed E-state index contributed by atoms with van der Waals surface area (Å²) in [6.07, 6.45) is 4.92. The van der Waals surface area contributed by atoms with E-state index in [9.17, 15) is 8.78 Å². The summed E-state index contributed by atoms with van der Waals surface area (Å²) in [6, 6.07) is 4.12. The third-order valence-electron chi connectivity index (χ3n) is 4.26. The summed E-state index contributed by atoms with van der Waals surface area (Å²) in [4.78, 5) is 0. The summed E-state index contributed by atoms with van der Waals surface area (Å²) in [5.74, 6) is 0.208. The van der Waals surface area contributed by atoms with Crippen LogP contribution in [0.1, 0.15) is 25.7 Å². The van der Waals surface area contributed by atoms with E-state index >= 15 is 0 Å². The third kappa shape index (κ3) is 2.56. The highest BCUT2D eigenvalue weighted by molar-refractivity contribution is 7.80. The summed E-state index contributed by atoms with van der Waals surface area (Å²) < 4.78 is 27.0. The van der Waals surface area contributed by atoms with Crippen LogP contribution >= 0.6 is 12.2 Å². The van der Waals surface area contributed by atoms with E-state index in [1.807, 2.05) is 0 Å². The SMILES string of the molecule is Fc1cccc(F)c1NC(=S)N[C@@H]1C[C@H]2CC[C@H]1C2. The molecule has 0 spiro atoms. The van der Waals surface area contributed by atoms with Gasteiger partial charge in [-0.3, -0.25) is 0 Å². The zero-order chi connectivity index (χ0) is 13.4. The number of nitrogens with one attached hydrogen (secondary N) is 2. The highest BCUT2D eigenvalue weighted by Gasteiger charge is 2.39. The largest absolute Gasteiger partial charge is 0.359 e. The highest BCUT2D eigenvalue weighted by Crippen LogP contribution is 2.44. The molecule has 5 heteroatoms. The van der Waals surface area contributed by atoms with Crippen LogP contribution in [0.3, 0.4) is 0 Å². The zero-order valence-electron chi connectivity index (χ0n) is 10.5. The van der Waals surface area contributed by atoms with Crippen LogP contribution in [-0.2, 0) is 0 Å². The lowest BCUT2D eigenvalue weighted by Gasteiger charge is -2.24. The molecule has 3 atom stereocenters. The molecule has 1 aromatic rings. The zero-order valence-corrected chi connectivity index (χ0v) is 11.3. The Labute approximate surface area is 116 Å². The van der Waals surface area contributed by atoms with E-state index in [0.29, 0.717) is 17.1 Å². The number of halogens is 2. The predicted molar refractivity (Wildman–Crippen MR) is 75.0 cm³/mol. The van der Waals surface area contributed by atoms with Crippen LogP contribution in [0, 0.1) is 23.5 Å². The van der Waals surface area contributed by atoms with E-state index in [1.165, 1.54) is 37.5 Å². The van der Waals surface area contributed by atoms with Gasteiger partial charge in [-0.05, 0) is 55.4 Å². The van der Waals surface area contributed by atoms with E-state index in [0.717, 1.165) is 12.3 Å². The van der Waals surface area contributed by atoms with Crippen molar-refractivity contribution in [1.82, 2.24) is 5.32 Å². The quantitative estimate of drug-likeness (QED) is 0.813. The smallest absolute Gasteiger partial charge is 0.171 e. The van der Waals surface area contributed by atoms with Crippen LogP contribution in [0.5, 0.6) is 0 Å². The van der Waals surface area contributed by atoms with E-state index in [-0.39, 0.29) is 5.69 Å². The first kappa shape index (κ1) is 12.8. The molecule has 2 aliphatic carbocycles. The Kier molecular flexibility index (Phi) is 3.39. The highest BCUT2D eigenvalue weighted by atomic mass is 32.1. The Hall–Kier alpha value is -1.23. The van der Waals surface area contributed by atoms with Gasteiger partial charge >= 0.3 is 0 Å². The number of para-hydroxylation sites is 1. The summed E-state index contributed by atoms with van der Waals surface area (Å²) in [5, 5.41) is 6.14. The molecule has 0 aliphatic heterocycles. The molecule has 0 radical (unpaired) electrons. The minimum Gasteiger partial charge on any atom is -0.359 e. The molecule has 102 valence electrons. The van der Waals surface area contributed by atoms with Crippen molar-refractivity contribution < 1.29 is 8.78 Å². The van der Waals surface area contributed by atoms with Gasteiger partial charge in [-0.1, -0.05) is 12.5 Å². The molecule has 0 unspecified atom stereocenters. The number of thiocarbonyl (C=S) groups is 1. The van der Waals surface area contributed by atoms with E-state index < -0.39 is 11.6 Å². The van der Waals surface area contributed by atoms with E-state index in [1.54, 1.807) is 0 Å². The molecule has 0 heterocycles. The first-order chi connectivity index (χ1) is 9.13. The van der Waals surface area contributed by atoms with Crippen molar-refractivity contribution in [3.63, 3.8) is 0 Å². The second kappa shape index (κ2) is 5.04. The van der Waals surface area contributed by atoms with Crippen molar-refractivity contribution in [1.29, 1.82) is 0 Å². The summed E-state index contributed by atoms with van der Waals surface area (Å²) in [7, 11) is 0. The van der Waals surface area contributed by atoms with Crippen molar-refractivity contribution in [2.75, 3.05) is 5.32 Å². The van der Waals surface area contributed by atoms with Crippen LogP contribution in [0.25, 0.3) is 0 Å². The molecule has 2 fully saturated rings. The number of anilines is 1. The van der Waals surface area contributed by atoms with E-state index in [2.05, 4.69) is 10.6 Å². The average Bonchev–Trinajstić information content (AvgIpc) is 2.96. The van der Waals surface area contributed by atoms with Gasteiger partial charge in [-0.25, -0.2) is 8.78 Å². The lowest BCUT2D eigenvalue weighted by Crippen LogP contribution is -2.41. The minimum absolute atomic E-state index is 0.178. The molecule has 0 amide bonds. The molecule has 2 bridgehead atoms. The minimum atomic E-state index is -0.628.